The summed E-state index contributed by atoms with van der Waals surface area (Å²) in [6.07, 6.45) is 4.94. The van der Waals surface area contributed by atoms with E-state index in [0.717, 1.165) is 46.5 Å². The highest BCUT2D eigenvalue weighted by Crippen LogP contribution is 2.30. The number of furan rings is 1. The number of methoxy groups -OCH3 is 1. The van der Waals surface area contributed by atoms with Crippen LogP contribution in [0.25, 0.3) is 11.0 Å². The fourth-order valence-corrected chi connectivity index (χ4v) is 4.97. The molecular weight excluding hydrogens is 400 g/mol. The summed E-state index contributed by atoms with van der Waals surface area (Å²) >= 11 is 0. The van der Waals surface area contributed by atoms with Crippen LogP contribution in [0.5, 0.6) is 5.75 Å². The molecule has 0 bridgehead atoms. The number of fused-ring (bicyclic) bond motifs is 1. The van der Waals surface area contributed by atoms with Crippen LogP contribution in [0.15, 0.2) is 40.8 Å². The van der Waals surface area contributed by atoms with Gasteiger partial charge < -0.3 is 14.5 Å². The number of carbonyl (C=O) groups is 1. The highest BCUT2D eigenvalue weighted by Gasteiger charge is 2.24. The molecule has 1 aliphatic rings. The third kappa shape index (κ3) is 4.68. The van der Waals surface area contributed by atoms with Crippen molar-refractivity contribution < 1.29 is 13.9 Å². The van der Waals surface area contributed by atoms with Gasteiger partial charge in [0.2, 0.25) is 0 Å². The Morgan fingerprint density at radius 1 is 1.06 bits per heavy atom. The minimum Gasteiger partial charge on any atom is -0.497 e. The Labute approximate surface area is 190 Å². The minimum atomic E-state index is -0.149. The Morgan fingerprint density at radius 2 is 1.75 bits per heavy atom. The Bertz CT molecular complexity index is 1080. The molecule has 0 radical (unpaired) electrons. The Kier molecular flexibility index (Phi) is 6.85. The first-order valence-corrected chi connectivity index (χ1v) is 11.6. The highest BCUT2D eigenvalue weighted by molar-refractivity contribution is 6.00. The smallest absolute Gasteiger partial charge is 0.287 e. The molecule has 1 atom stereocenters. The van der Waals surface area contributed by atoms with E-state index in [4.69, 9.17) is 9.15 Å². The third-order valence-electron chi connectivity index (χ3n) is 6.62. The first kappa shape index (κ1) is 22.4. The van der Waals surface area contributed by atoms with E-state index in [2.05, 4.69) is 35.3 Å². The van der Waals surface area contributed by atoms with Gasteiger partial charge in [0.15, 0.2) is 5.76 Å². The van der Waals surface area contributed by atoms with Gasteiger partial charge in [-0.3, -0.25) is 9.69 Å². The largest absolute Gasteiger partial charge is 0.497 e. The van der Waals surface area contributed by atoms with Crippen molar-refractivity contribution >= 4 is 16.9 Å². The summed E-state index contributed by atoms with van der Waals surface area (Å²) in [4.78, 5) is 15.7. The number of amides is 1. The van der Waals surface area contributed by atoms with Crippen LogP contribution in [0.1, 0.15) is 64.5 Å². The number of hydrogen-bond acceptors (Lipinski definition) is 4. The number of hydrogen-bond donors (Lipinski definition) is 1. The molecule has 0 unspecified atom stereocenters. The van der Waals surface area contributed by atoms with Crippen molar-refractivity contribution in [3.8, 4) is 5.75 Å². The minimum absolute atomic E-state index is 0.122. The van der Waals surface area contributed by atoms with E-state index in [1.165, 1.54) is 31.2 Å². The summed E-state index contributed by atoms with van der Waals surface area (Å²) in [6.45, 7) is 8.73. The molecule has 0 saturated carbocycles. The van der Waals surface area contributed by atoms with Gasteiger partial charge in [-0.05, 0) is 81.6 Å². The molecule has 0 aliphatic carbocycles. The van der Waals surface area contributed by atoms with Gasteiger partial charge in [0.25, 0.3) is 5.91 Å². The second kappa shape index (κ2) is 9.78. The van der Waals surface area contributed by atoms with Crippen molar-refractivity contribution in [1.29, 1.82) is 0 Å². The number of aryl methyl sites for hydroxylation is 3. The monoisotopic (exact) mass is 434 g/mol. The summed E-state index contributed by atoms with van der Waals surface area (Å²) in [5.41, 5.74) is 5.16. The van der Waals surface area contributed by atoms with Gasteiger partial charge >= 0.3 is 0 Å². The van der Waals surface area contributed by atoms with E-state index in [0.29, 0.717) is 12.3 Å². The number of nitrogens with zero attached hydrogens (tertiary/aromatic N) is 1. The molecule has 1 aromatic heterocycles. The standard InChI is InChI=1S/C27H34N2O3/c1-18-15-19(2)25-20(3)26(32-24(25)16-18)27(30)28-17-23(29-13-7-5-6-8-14-29)21-9-11-22(31-4)12-10-21/h9-12,15-16,23H,5-8,13-14,17H2,1-4H3,(H,28,30)/t23-/m0/s1. The van der Waals surface area contributed by atoms with Crippen molar-refractivity contribution in [2.45, 2.75) is 52.5 Å². The lowest BCUT2D eigenvalue weighted by atomic mass is 10.0. The molecule has 32 heavy (non-hydrogen) atoms. The normalized spacial score (nSPS) is 16.0. The molecule has 2 aromatic carbocycles. The van der Waals surface area contributed by atoms with Crippen molar-refractivity contribution in [3.05, 3.63) is 64.4 Å². The summed E-state index contributed by atoms with van der Waals surface area (Å²) in [5.74, 6) is 1.11. The van der Waals surface area contributed by atoms with Crippen LogP contribution in [0, 0.1) is 20.8 Å². The maximum Gasteiger partial charge on any atom is 0.287 e. The topological polar surface area (TPSA) is 54.7 Å². The molecule has 1 amide bonds. The van der Waals surface area contributed by atoms with Crippen LogP contribution in [-0.2, 0) is 0 Å². The molecule has 1 N–H and O–H groups in total. The van der Waals surface area contributed by atoms with E-state index in [1.807, 2.05) is 32.0 Å². The van der Waals surface area contributed by atoms with E-state index >= 15 is 0 Å². The maximum atomic E-state index is 13.2. The summed E-state index contributed by atoms with van der Waals surface area (Å²) in [6, 6.07) is 12.5. The van der Waals surface area contributed by atoms with Gasteiger partial charge in [-0.1, -0.05) is 31.0 Å². The zero-order valence-corrected chi connectivity index (χ0v) is 19.7. The van der Waals surface area contributed by atoms with Crippen molar-refractivity contribution in [3.63, 3.8) is 0 Å². The number of rotatable bonds is 6. The van der Waals surface area contributed by atoms with E-state index in [1.54, 1.807) is 7.11 Å². The zero-order valence-electron chi connectivity index (χ0n) is 19.7. The van der Waals surface area contributed by atoms with Crippen LogP contribution in [0.2, 0.25) is 0 Å². The fourth-order valence-electron chi connectivity index (χ4n) is 4.97. The van der Waals surface area contributed by atoms with Gasteiger partial charge in [-0.2, -0.15) is 0 Å². The lowest BCUT2D eigenvalue weighted by molar-refractivity contribution is 0.0907. The van der Waals surface area contributed by atoms with Gasteiger partial charge in [0.1, 0.15) is 11.3 Å². The van der Waals surface area contributed by atoms with Gasteiger partial charge in [0, 0.05) is 17.5 Å². The SMILES string of the molecule is COc1ccc([C@H](CNC(=O)c2oc3cc(C)cc(C)c3c2C)N2CCCCCC2)cc1. The summed E-state index contributed by atoms with van der Waals surface area (Å²) in [7, 11) is 1.68. The number of carbonyl (C=O) groups excluding carboxylic acids is 1. The second-order valence-corrected chi connectivity index (χ2v) is 8.96. The van der Waals surface area contributed by atoms with Crippen LogP contribution in [-0.4, -0.2) is 37.6 Å². The van der Waals surface area contributed by atoms with Crippen LogP contribution >= 0.6 is 0 Å². The molecule has 170 valence electrons. The summed E-state index contributed by atoms with van der Waals surface area (Å²) < 4.78 is 11.3. The van der Waals surface area contributed by atoms with E-state index in [9.17, 15) is 4.79 Å². The fraction of sp³-hybridized carbons (Fsp3) is 0.444. The lowest BCUT2D eigenvalue weighted by Crippen LogP contribution is -2.38. The van der Waals surface area contributed by atoms with Gasteiger partial charge in [-0.15, -0.1) is 0 Å². The average Bonchev–Trinajstić information content (AvgIpc) is 2.94. The van der Waals surface area contributed by atoms with E-state index < -0.39 is 0 Å². The van der Waals surface area contributed by atoms with Crippen LogP contribution < -0.4 is 10.1 Å². The Hall–Kier alpha value is -2.79. The Balaban J connectivity index is 1.57. The molecule has 1 aliphatic heterocycles. The lowest BCUT2D eigenvalue weighted by Gasteiger charge is -2.31. The molecule has 3 aromatic rings. The molecule has 2 heterocycles. The third-order valence-corrected chi connectivity index (χ3v) is 6.62. The molecule has 1 saturated heterocycles. The molecular formula is C27H34N2O3. The predicted molar refractivity (Wildman–Crippen MR) is 129 cm³/mol. The molecule has 5 nitrogen and oxygen atoms in total. The van der Waals surface area contributed by atoms with Crippen molar-refractivity contribution in [1.82, 2.24) is 10.2 Å². The van der Waals surface area contributed by atoms with Crippen LogP contribution in [0.3, 0.4) is 0 Å². The van der Waals surface area contributed by atoms with E-state index in [-0.39, 0.29) is 11.9 Å². The first-order chi connectivity index (χ1) is 15.5. The quantitative estimate of drug-likeness (QED) is 0.540. The molecule has 4 rings (SSSR count). The van der Waals surface area contributed by atoms with Crippen molar-refractivity contribution in [2.24, 2.45) is 0 Å². The molecule has 1 fully saturated rings. The first-order valence-electron chi connectivity index (χ1n) is 11.6. The number of nitrogens with one attached hydrogen (secondary N) is 1. The van der Waals surface area contributed by atoms with Crippen molar-refractivity contribution in [2.75, 3.05) is 26.7 Å². The number of benzene rings is 2. The second-order valence-electron chi connectivity index (χ2n) is 8.96. The van der Waals surface area contributed by atoms with Crippen LogP contribution in [0.4, 0.5) is 0 Å². The van der Waals surface area contributed by atoms with Gasteiger partial charge in [-0.25, -0.2) is 0 Å². The number of likely N-dealkylation sites (tertiary alicyclic amines) is 1. The molecule has 5 heteroatoms. The zero-order chi connectivity index (χ0) is 22.7. The summed E-state index contributed by atoms with van der Waals surface area (Å²) in [5, 5.41) is 4.22. The number of ether oxygens (including phenoxy) is 1. The molecule has 0 spiro atoms. The van der Waals surface area contributed by atoms with Gasteiger partial charge in [0.05, 0.1) is 13.2 Å². The predicted octanol–water partition coefficient (Wildman–Crippen LogP) is 5.71. The Morgan fingerprint density at radius 3 is 2.41 bits per heavy atom. The average molecular weight is 435 g/mol. The highest BCUT2D eigenvalue weighted by atomic mass is 16.5. The maximum absolute atomic E-state index is 13.2.